The SMILES string of the molecule is COc1ccc(CCC(C)=S)cc1. The van der Waals surface area contributed by atoms with Gasteiger partial charge >= 0.3 is 0 Å². The van der Waals surface area contributed by atoms with Crippen molar-refractivity contribution in [1.82, 2.24) is 0 Å². The third-order valence-electron chi connectivity index (χ3n) is 1.92. The van der Waals surface area contributed by atoms with E-state index < -0.39 is 0 Å². The lowest BCUT2D eigenvalue weighted by Gasteiger charge is -2.02. The number of rotatable bonds is 4. The molecule has 0 amide bonds. The highest BCUT2D eigenvalue weighted by Crippen LogP contribution is 2.12. The molecule has 1 rings (SSSR count). The third-order valence-corrected chi connectivity index (χ3v) is 2.13. The lowest BCUT2D eigenvalue weighted by molar-refractivity contribution is 0.414. The fourth-order valence-corrected chi connectivity index (χ4v) is 1.21. The van der Waals surface area contributed by atoms with Crippen molar-refractivity contribution >= 4 is 17.1 Å². The maximum atomic E-state index is 5.07. The van der Waals surface area contributed by atoms with Crippen LogP contribution in [0, 0.1) is 0 Å². The Bertz CT molecular complexity index is 277. The van der Waals surface area contributed by atoms with E-state index in [-0.39, 0.29) is 0 Å². The molecular weight excluding hydrogens is 180 g/mol. The molecule has 0 spiro atoms. The molecule has 0 saturated carbocycles. The van der Waals surface area contributed by atoms with Crippen LogP contribution in [-0.2, 0) is 6.42 Å². The van der Waals surface area contributed by atoms with E-state index in [0.29, 0.717) is 0 Å². The van der Waals surface area contributed by atoms with Crippen LogP contribution in [0.15, 0.2) is 24.3 Å². The Morgan fingerprint density at radius 2 is 1.92 bits per heavy atom. The molecule has 2 heteroatoms. The Balaban J connectivity index is 2.54. The van der Waals surface area contributed by atoms with Crippen LogP contribution < -0.4 is 4.74 Å². The van der Waals surface area contributed by atoms with E-state index in [1.807, 2.05) is 19.1 Å². The number of ether oxygens (including phenoxy) is 1. The summed E-state index contributed by atoms with van der Waals surface area (Å²) in [4.78, 5) is 1.07. The van der Waals surface area contributed by atoms with Crippen LogP contribution in [0.3, 0.4) is 0 Å². The van der Waals surface area contributed by atoms with Crippen LogP contribution >= 0.6 is 12.2 Å². The van der Waals surface area contributed by atoms with E-state index in [2.05, 4.69) is 12.1 Å². The van der Waals surface area contributed by atoms with Gasteiger partial charge in [-0.15, -0.1) is 0 Å². The predicted molar refractivity (Wildman–Crippen MR) is 59.6 cm³/mol. The third kappa shape index (κ3) is 3.55. The summed E-state index contributed by atoms with van der Waals surface area (Å²) in [6.45, 7) is 1.98. The molecule has 0 aliphatic rings. The van der Waals surface area contributed by atoms with Gasteiger partial charge in [0.25, 0.3) is 0 Å². The van der Waals surface area contributed by atoms with Crippen molar-refractivity contribution in [2.24, 2.45) is 0 Å². The Morgan fingerprint density at radius 1 is 1.31 bits per heavy atom. The van der Waals surface area contributed by atoms with Gasteiger partial charge in [-0.2, -0.15) is 0 Å². The Morgan fingerprint density at radius 3 is 2.38 bits per heavy atom. The van der Waals surface area contributed by atoms with Gasteiger partial charge in [0.2, 0.25) is 0 Å². The maximum absolute atomic E-state index is 5.07. The van der Waals surface area contributed by atoms with Gasteiger partial charge in [-0.1, -0.05) is 24.4 Å². The Labute approximate surface area is 84.7 Å². The lowest BCUT2D eigenvalue weighted by Crippen LogP contribution is -1.91. The van der Waals surface area contributed by atoms with E-state index >= 15 is 0 Å². The molecular formula is C11H14OS. The normalized spacial score (nSPS) is 9.69. The summed E-state index contributed by atoms with van der Waals surface area (Å²) < 4.78 is 5.07. The summed E-state index contributed by atoms with van der Waals surface area (Å²) in [5, 5.41) is 0. The van der Waals surface area contributed by atoms with Crippen molar-refractivity contribution in [3.05, 3.63) is 29.8 Å². The average molecular weight is 194 g/mol. The van der Waals surface area contributed by atoms with Gasteiger partial charge in [0.1, 0.15) is 5.75 Å². The van der Waals surface area contributed by atoms with Crippen LogP contribution in [0.5, 0.6) is 5.75 Å². The van der Waals surface area contributed by atoms with Gasteiger partial charge in [-0.05, 0) is 42.3 Å². The zero-order valence-corrected chi connectivity index (χ0v) is 8.86. The number of hydrogen-bond acceptors (Lipinski definition) is 2. The molecule has 0 aliphatic heterocycles. The van der Waals surface area contributed by atoms with Crippen molar-refractivity contribution in [3.8, 4) is 5.75 Å². The van der Waals surface area contributed by atoms with Gasteiger partial charge in [-0.25, -0.2) is 0 Å². The van der Waals surface area contributed by atoms with E-state index in [1.165, 1.54) is 5.56 Å². The Hall–Kier alpha value is -0.890. The van der Waals surface area contributed by atoms with Crippen molar-refractivity contribution in [2.45, 2.75) is 19.8 Å². The molecule has 1 nitrogen and oxygen atoms in total. The van der Waals surface area contributed by atoms with E-state index in [9.17, 15) is 0 Å². The summed E-state index contributed by atoms with van der Waals surface area (Å²) >= 11 is 5.02. The summed E-state index contributed by atoms with van der Waals surface area (Å²) in [7, 11) is 1.68. The highest BCUT2D eigenvalue weighted by atomic mass is 32.1. The van der Waals surface area contributed by atoms with Gasteiger partial charge in [0, 0.05) is 0 Å². The quantitative estimate of drug-likeness (QED) is 0.681. The van der Waals surface area contributed by atoms with Crippen molar-refractivity contribution in [1.29, 1.82) is 0 Å². The van der Waals surface area contributed by atoms with Gasteiger partial charge in [0.15, 0.2) is 0 Å². The summed E-state index contributed by atoms with van der Waals surface area (Å²) in [5.41, 5.74) is 1.31. The summed E-state index contributed by atoms with van der Waals surface area (Å²) in [6, 6.07) is 8.12. The second-order valence-electron chi connectivity index (χ2n) is 3.05. The fourth-order valence-electron chi connectivity index (χ4n) is 1.11. The standard InChI is InChI=1S/C11H14OS/c1-9(13)3-4-10-5-7-11(12-2)8-6-10/h5-8H,3-4H2,1-2H3. The molecule has 0 unspecified atom stereocenters. The topological polar surface area (TPSA) is 9.23 Å². The monoisotopic (exact) mass is 194 g/mol. The number of benzene rings is 1. The first-order valence-electron chi connectivity index (χ1n) is 4.34. The minimum atomic E-state index is 0.905. The van der Waals surface area contributed by atoms with Crippen molar-refractivity contribution < 1.29 is 4.74 Å². The largest absolute Gasteiger partial charge is 0.497 e. The first kappa shape index (κ1) is 10.2. The van der Waals surface area contributed by atoms with E-state index in [4.69, 9.17) is 17.0 Å². The molecule has 0 heterocycles. The van der Waals surface area contributed by atoms with Crippen LogP contribution in [0.1, 0.15) is 18.9 Å². The molecule has 70 valence electrons. The average Bonchev–Trinajstić information content (AvgIpc) is 2.15. The highest BCUT2D eigenvalue weighted by molar-refractivity contribution is 7.80. The Kier molecular flexibility index (Phi) is 3.90. The summed E-state index contributed by atoms with van der Waals surface area (Å²) in [6.07, 6.45) is 2.01. The van der Waals surface area contributed by atoms with Crippen LogP contribution in [-0.4, -0.2) is 12.0 Å². The predicted octanol–water partition coefficient (Wildman–Crippen LogP) is 3.02. The second kappa shape index (κ2) is 4.97. The zero-order valence-electron chi connectivity index (χ0n) is 8.04. The number of aryl methyl sites for hydroxylation is 1. The van der Waals surface area contributed by atoms with Crippen LogP contribution in [0.25, 0.3) is 0 Å². The van der Waals surface area contributed by atoms with Gasteiger partial charge < -0.3 is 4.74 Å². The van der Waals surface area contributed by atoms with Crippen LogP contribution in [0.4, 0.5) is 0 Å². The molecule has 0 bridgehead atoms. The van der Waals surface area contributed by atoms with E-state index in [1.54, 1.807) is 7.11 Å². The lowest BCUT2D eigenvalue weighted by atomic mass is 10.1. The molecule has 13 heavy (non-hydrogen) atoms. The molecule has 0 fully saturated rings. The molecule has 0 N–H and O–H groups in total. The molecule has 1 aromatic rings. The fraction of sp³-hybridized carbons (Fsp3) is 0.364. The molecule has 0 aliphatic carbocycles. The number of methoxy groups -OCH3 is 1. The van der Waals surface area contributed by atoms with E-state index in [0.717, 1.165) is 23.5 Å². The first-order valence-corrected chi connectivity index (χ1v) is 4.75. The molecule has 0 aromatic heterocycles. The molecule has 0 atom stereocenters. The number of hydrogen-bond donors (Lipinski definition) is 0. The van der Waals surface area contributed by atoms with Crippen molar-refractivity contribution in [3.63, 3.8) is 0 Å². The van der Waals surface area contributed by atoms with Crippen molar-refractivity contribution in [2.75, 3.05) is 7.11 Å². The minimum Gasteiger partial charge on any atom is -0.497 e. The molecule has 0 radical (unpaired) electrons. The van der Waals surface area contributed by atoms with Gasteiger partial charge in [0.05, 0.1) is 7.11 Å². The summed E-state index contributed by atoms with van der Waals surface area (Å²) in [5.74, 6) is 0.905. The first-order chi connectivity index (χ1) is 6.22. The smallest absolute Gasteiger partial charge is 0.118 e. The molecule has 0 saturated heterocycles. The van der Waals surface area contributed by atoms with Gasteiger partial charge in [-0.3, -0.25) is 0 Å². The zero-order chi connectivity index (χ0) is 9.68. The number of thiocarbonyl (C=S) groups is 1. The molecule has 1 aromatic carbocycles. The van der Waals surface area contributed by atoms with Crippen LogP contribution in [0.2, 0.25) is 0 Å². The highest BCUT2D eigenvalue weighted by Gasteiger charge is 1.95. The maximum Gasteiger partial charge on any atom is 0.118 e. The second-order valence-corrected chi connectivity index (χ2v) is 3.75. The minimum absolute atomic E-state index is 0.905.